The van der Waals surface area contributed by atoms with Crippen molar-refractivity contribution in [2.24, 2.45) is 5.41 Å². The van der Waals surface area contributed by atoms with E-state index in [9.17, 15) is 14.7 Å². The molecule has 0 aromatic carbocycles. The molecule has 2 heterocycles. The SMILES string of the molecule is CCCC1(C(=O)O)CCN(C(=O)CCn2ccnc2)CC1. The average molecular weight is 293 g/mol. The zero-order valence-corrected chi connectivity index (χ0v) is 12.5. The maximum atomic E-state index is 12.2. The van der Waals surface area contributed by atoms with Crippen LogP contribution < -0.4 is 0 Å². The quantitative estimate of drug-likeness (QED) is 0.867. The van der Waals surface area contributed by atoms with Crippen LogP contribution in [0.25, 0.3) is 0 Å². The summed E-state index contributed by atoms with van der Waals surface area (Å²) in [7, 11) is 0. The number of likely N-dealkylation sites (tertiary alicyclic amines) is 1. The number of aryl methyl sites for hydroxylation is 1. The fourth-order valence-electron chi connectivity index (χ4n) is 3.04. The lowest BCUT2D eigenvalue weighted by Crippen LogP contribution is -2.46. The van der Waals surface area contributed by atoms with Gasteiger partial charge in [0.25, 0.3) is 0 Å². The summed E-state index contributed by atoms with van der Waals surface area (Å²) in [6, 6.07) is 0. The summed E-state index contributed by atoms with van der Waals surface area (Å²) < 4.78 is 1.88. The number of rotatable bonds is 6. The molecular weight excluding hydrogens is 270 g/mol. The molecule has 1 aliphatic rings. The molecule has 2 rings (SSSR count). The van der Waals surface area contributed by atoms with Crippen LogP contribution in [0, 0.1) is 5.41 Å². The van der Waals surface area contributed by atoms with Crippen molar-refractivity contribution in [3.8, 4) is 0 Å². The summed E-state index contributed by atoms with van der Waals surface area (Å²) in [5.41, 5.74) is -0.629. The molecule has 1 amide bonds. The number of amides is 1. The van der Waals surface area contributed by atoms with Gasteiger partial charge in [0.05, 0.1) is 11.7 Å². The van der Waals surface area contributed by atoms with Crippen molar-refractivity contribution in [3.63, 3.8) is 0 Å². The number of carbonyl (C=O) groups is 2. The van der Waals surface area contributed by atoms with Crippen molar-refractivity contribution >= 4 is 11.9 Å². The zero-order valence-electron chi connectivity index (χ0n) is 12.5. The van der Waals surface area contributed by atoms with E-state index >= 15 is 0 Å². The number of imidazole rings is 1. The molecule has 6 nitrogen and oxygen atoms in total. The maximum absolute atomic E-state index is 12.2. The molecule has 0 spiro atoms. The number of aromatic nitrogens is 2. The van der Waals surface area contributed by atoms with Gasteiger partial charge in [-0.2, -0.15) is 0 Å². The Kier molecular flexibility index (Phi) is 4.98. The molecule has 1 aliphatic heterocycles. The fourth-order valence-corrected chi connectivity index (χ4v) is 3.04. The van der Waals surface area contributed by atoms with Crippen molar-refractivity contribution in [1.82, 2.24) is 14.5 Å². The van der Waals surface area contributed by atoms with Crippen molar-refractivity contribution in [2.75, 3.05) is 13.1 Å². The second kappa shape index (κ2) is 6.74. The Morgan fingerprint density at radius 1 is 1.33 bits per heavy atom. The topological polar surface area (TPSA) is 75.4 Å². The highest BCUT2D eigenvalue weighted by Gasteiger charge is 2.41. The summed E-state index contributed by atoms with van der Waals surface area (Å²) in [5.74, 6) is -0.617. The minimum absolute atomic E-state index is 0.0965. The van der Waals surface area contributed by atoms with Crippen LogP contribution in [0.3, 0.4) is 0 Å². The summed E-state index contributed by atoms with van der Waals surface area (Å²) >= 11 is 0. The number of carboxylic acids is 1. The van der Waals surface area contributed by atoms with E-state index in [0.29, 0.717) is 45.3 Å². The Balaban J connectivity index is 1.85. The first kappa shape index (κ1) is 15.5. The van der Waals surface area contributed by atoms with Gasteiger partial charge in [-0.05, 0) is 19.3 Å². The summed E-state index contributed by atoms with van der Waals surface area (Å²) in [6.07, 6.45) is 8.34. The molecule has 0 bridgehead atoms. The molecule has 1 N–H and O–H groups in total. The van der Waals surface area contributed by atoms with Crippen molar-refractivity contribution < 1.29 is 14.7 Å². The van der Waals surface area contributed by atoms with Crippen LogP contribution in [-0.2, 0) is 16.1 Å². The van der Waals surface area contributed by atoms with Crippen LogP contribution in [0.15, 0.2) is 18.7 Å². The minimum atomic E-state index is -0.713. The maximum Gasteiger partial charge on any atom is 0.309 e. The third-order valence-corrected chi connectivity index (χ3v) is 4.40. The molecule has 21 heavy (non-hydrogen) atoms. The van der Waals surface area contributed by atoms with E-state index < -0.39 is 11.4 Å². The molecule has 1 saturated heterocycles. The molecule has 1 aromatic heterocycles. The molecular formula is C15H23N3O3. The lowest BCUT2D eigenvalue weighted by molar-refractivity contribution is -0.155. The number of hydrogen-bond acceptors (Lipinski definition) is 3. The van der Waals surface area contributed by atoms with Gasteiger partial charge in [-0.3, -0.25) is 9.59 Å². The number of aliphatic carboxylic acids is 1. The fraction of sp³-hybridized carbons (Fsp3) is 0.667. The molecule has 116 valence electrons. The van der Waals surface area contributed by atoms with E-state index in [2.05, 4.69) is 4.98 Å². The van der Waals surface area contributed by atoms with Crippen molar-refractivity contribution in [1.29, 1.82) is 0 Å². The van der Waals surface area contributed by atoms with Gasteiger partial charge in [0.15, 0.2) is 0 Å². The van der Waals surface area contributed by atoms with Crippen LogP contribution >= 0.6 is 0 Å². The van der Waals surface area contributed by atoms with E-state index in [1.807, 2.05) is 17.7 Å². The lowest BCUT2D eigenvalue weighted by atomic mass is 9.75. The molecule has 1 fully saturated rings. The van der Waals surface area contributed by atoms with Crippen LogP contribution in [0.4, 0.5) is 0 Å². The molecule has 6 heteroatoms. The average Bonchev–Trinajstić information content (AvgIpc) is 2.99. The van der Waals surface area contributed by atoms with E-state index in [1.165, 1.54) is 0 Å². The van der Waals surface area contributed by atoms with Gasteiger partial charge in [-0.25, -0.2) is 4.98 Å². The molecule has 0 atom stereocenters. The highest BCUT2D eigenvalue weighted by molar-refractivity contribution is 5.78. The standard InChI is InChI=1S/C15H23N3O3/c1-2-4-15(14(20)21)5-9-18(10-6-15)13(19)3-8-17-11-7-16-12-17/h7,11-12H,2-6,8-10H2,1H3,(H,20,21). The number of hydrogen-bond donors (Lipinski definition) is 1. The predicted molar refractivity (Wildman–Crippen MR) is 77.6 cm³/mol. The lowest BCUT2D eigenvalue weighted by Gasteiger charge is -2.39. The monoisotopic (exact) mass is 293 g/mol. The highest BCUT2D eigenvalue weighted by atomic mass is 16.4. The third-order valence-electron chi connectivity index (χ3n) is 4.40. The van der Waals surface area contributed by atoms with Gasteiger partial charge in [-0.15, -0.1) is 0 Å². The molecule has 0 radical (unpaired) electrons. The Bertz CT molecular complexity index is 476. The van der Waals surface area contributed by atoms with Crippen LogP contribution in [-0.4, -0.2) is 44.5 Å². The Morgan fingerprint density at radius 3 is 2.57 bits per heavy atom. The Morgan fingerprint density at radius 2 is 2.05 bits per heavy atom. The smallest absolute Gasteiger partial charge is 0.309 e. The summed E-state index contributed by atoms with van der Waals surface area (Å²) in [4.78, 5) is 29.4. The first-order chi connectivity index (χ1) is 10.1. The van der Waals surface area contributed by atoms with Gasteiger partial charge in [0.2, 0.25) is 5.91 Å². The Hall–Kier alpha value is -1.85. The largest absolute Gasteiger partial charge is 0.481 e. The van der Waals surface area contributed by atoms with E-state index in [0.717, 1.165) is 6.42 Å². The van der Waals surface area contributed by atoms with Crippen LogP contribution in [0.2, 0.25) is 0 Å². The van der Waals surface area contributed by atoms with Crippen LogP contribution in [0.1, 0.15) is 39.0 Å². The van der Waals surface area contributed by atoms with E-state index in [-0.39, 0.29) is 5.91 Å². The normalized spacial score (nSPS) is 17.7. The summed E-state index contributed by atoms with van der Waals surface area (Å²) in [5, 5.41) is 9.46. The first-order valence-corrected chi connectivity index (χ1v) is 7.54. The second-order valence-corrected chi connectivity index (χ2v) is 5.77. The first-order valence-electron chi connectivity index (χ1n) is 7.54. The van der Waals surface area contributed by atoms with Crippen molar-refractivity contribution in [2.45, 2.75) is 45.6 Å². The van der Waals surface area contributed by atoms with Gasteiger partial charge >= 0.3 is 5.97 Å². The van der Waals surface area contributed by atoms with Gasteiger partial charge < -0.3 is 14.6 Å². The molecule has 0 aliphatic carbocycles. The zero-order chi connectivity index (χ0) is 15.3. The van der Waals surface area contributed by atoms with E-state index in [1.54, 1.807) is 17.4 Å². The number of piperidine rings is 1. The summed E-state index contributed by atoms with van der Waals surface area (Å²) in [6.45, 7) is 3.73. The Labute approximate surface area is 124 Å². The highest BCUT2D eigenvalue weighted by Crippen LogP contribution is 2.36. The second-order valence-electron chi connectivity index (χ2n) is 5.77. The number of nitrogens with zero attached hydrogens (tertiary/aromatic N) is 3. The van der Waals surface area contributed by atoms with Gasteiger partial charge in [-0.1, -0.05) is 13.3 Å². The molecule has 0 unspecified atom stereocenters. The number of carbonyl (C=O) groups excluding carboxylic acids is 1. The predicted octanol–water partition coefficient (Wildman–Crippen LogP) is 1.77. The van der Waals surface area contributed by atoms with Crippen molar-refractivity contribution in [3.05, 3.63) is 18.7 Å². The minimum Gasteiger partial charge on any atom is -0.481 e. The number of carboxylic acid groups (broad SMARTS) is 1. The van der Waals surface area contributed by atoms with E-state index in [4.69, 9.17) is 0 Å². The van der Waals surface area contributed by atoms with Gasteiger partial charge in [0.1, 0.15) is 0 Å². The third kappa shape index (κ3) is 3.62. The molecule has 1 aromatic rings. The van der Waals surface area contributed by atoms with Gasteiger partial charge in [0, 0.05) is 38.4 Å². The molecule has 0 saturated carbocycles. The van der Waals surface area contributed by atoms with Crippen LogP contribution in [0.5, 0.6) is 0 Å².